The van der Waals surface area contributed by atoms with E-state index < -0.39 is 23.6 Å². The smallest absolute Gasteiger partial charge is 0.218 e. The normalized spacial score (nSPS) is 21.2. The van der Waals surface area contributed by atoms with Crippen molar-refractivity contribution in [2.24, 2.45) is 17.8 Å². The van der Waals surface area contributed by atoms with Gasteiger partial charge in [0.15, 0.2) is 57.8 Å². The third kappa shape index (κ3) is 13.3. The number of ether oxygens (including phenoxy) is 6. The van der Waals surface area contributed by atoms with Crippen LogP contribution in [0.15, 0.2) is 93.7 Å². The summed E-state index contributed by atoms with van der Waals surface area (Å²) in [6, 6.07) is 4.21. The summed E-state index contributed by atoms with van der Waals surface area (Å²) < 4.78 is 97.2. The molecule has 0 aromatic carbocycles. The predicted molar refractivity (Wildman–Crippen MR) is 340 cm³/mol. The van der Waals surface area contributed by atoms with Crippen LogP contribution in [0.4, 0.5) is 35.0 Å². The van der Waals surface area contributed by atoms with E-state index in [2.05, 4.69) is 110 Å². The van der Waals surface area contributed by atoms with E-state index in [4.69, 9.17) is 43.4 Å². The van der Waals surface area contributed by atoms with Gasteiger partial charge in [-0.3, -0.25) is 0 Å². The minimum Gasteiger partial charge on any atom is -0.488 e. The Morgan fingerprint density at radius 2 is 0.925 bits per heavy atom. The number of fused-ring (bicyclic) bond motifs is 3. The molecule has 5 atom stereocenters. The lowest BCUT2D eigenvalue weighted by Gasteiger charge is -2.29. The lowest BCUT2D eigenvalue weighted by molar-refractivity contribution is 0.207. The van der Waals surface area contributed by atoms with Gasteiger partial charge in [-0.25, -0.2) is 61.0 Å². The number of hydrogen-bond acceptors (Lipinski definition) is 21. The fourth-order valence-corrected chi connectivity index (χ4v) is 11.7. The minimum atomic E-state index is -1.25. The van der Waals surface area contributed by atoms with Crippen LogP contribution < -0.4 is 59.1 Å². The summed E-state index contributed by atoms with van der Waals surface area (Å²) in [5.41, 5.74) is 7.97. The van der Waals surface area contributed by atoms with Gasteiger partial charge in [0.05, 0.1) is 118 Å². The van der Waals surface area contributed by atoms with E-state index in [0.29, 0.717) is 163 Å². The molecular weight excluding hydrogens is 1200 g/mol. The molecule has 0 saturated heterocycles. The first kappa shape index (κ1) is 61.7. The van der Waals surface area contributed by atoms with E-state index in [1.54, 1.807) is 43.2 Å². The maximum atomic E-state index is 14.5. The molecule has 6 aliphatic heterocycles. The Labute approximate surface area is 533 Å². The van der Waals surface area contributed by atoms with E-state index in [1.807, 2.05) is 19.3 Å². The molecule has 0 saturated carbocycles. The highest BCUT2D eigenvalue weighted by atomic mass is 19.1. The lowest BCUT2D eigenvalue weighted by atomic mass is 10.00. The number of alkyl halides is 1. The number of anilines is 3. The second kappa shape index (κ2) is 25.5. The van der Waals surface area contributed by atoms with Crippen molar-refractivity contribution in [1.29, 1.82) is 0 Å². The fraction of sp³-hybridized carbons (Fsp3) is 0.400. The number of halogens is 4. The second-order valence-electron chi connectivity index (χ2n) is 25.2. The molecule has 0 spiro atoms. The topological polar surface area (TPSA) is 230 Å². The molecule has 9 aromatic heterocycles. The molecule has 15 rings (SSSR count). The molecule has 486 valence electrons. The van der Waals surface area contributed by atoms with E-state index in [0.717, 1.165) is 28.7 Å². The second-order valence-corrected chi connectivity index (χ2v) is 25.2. The largest absolute Gasteiger partial charge is 0.488 e. The summed E-state index contributed by atoms with van der Waals surface area (Å²) in [7, 11) is 0. The summed E-state index contributed by atoms with van der Waals surface area (Å²) in [6.45, 7) is 30.1. The SMILES string of the molecule is C=C1NC(C)(C)CCOc2ncc(F)cc2CN2C[C@H](C)COc3cn4ncc1c4nc32.C=C1NC[C@H](C)COc2ncc(F)cc2CN2C[C@H](C)COc3cn4ncc1c4nc32.C=C1N[C@H](C)COc2ncc(F)cc2CN2C[C@@H](F)COc3cn4ncc1c4nc32. The first-order valence-electron chi connectivity index (χ1n) is 30.8. The van der Waals surface area contributed by atoms with Crippen LogP contribution in [-0.4, -0.2) is 142 Å². The van der Waals surface area contributed by atoms with Crippen molar-refractivity contribution in [2.75, 3.05) is 80.5 Å². The molecule has 93 heavy (non-hydrogen) atoms. The zero-order valence-corrected chi connectivity index (χ0v) is 52.5. The van der Waals surface area contributed by atoms with Crippen molar-refractivity contribution in [2.45, 2.75) is 85.3 Å². The maximum absolute atomic E-state index is 14.5. The van der Waals surface area contributed by atoms with Gasteiger partial charge in [-0.05, 0) is 39.0 Å². The Hall–Kier alpha value is -10.2. The van der Waals surface area contributed by atoms with Crippen molar-refractivity contribution in [3.8, 4) is 34.9 Å². The zero-order valence-electron chi connectivity index (χ0n) is 52.5. The number of nitrogens with one attached hydrogen (secondary N) is 3. The van der Waals surface area contributed by atoms with Gasteiger partial charge in [0, 0.05) is 96.2 Å². The third-order valence-electron chi connectivity index (χ3n) is 16.4. The lowest BCUT2D eigenvalue weighted by Crippen LogP contribution is -2.39. The Morgan fingerprint density at radius 3 is 1.42 bits per heavy atom. The van der Waals surface area contributed by atoms with Crippen LogP contribution in [0.1, 0.15) is 81.3 Å². The summed E-state index contributed by atoms with van der Waals surface area (Å²) in [6.07, 6.45) is 13.5. The highest BCUT2D eigenvalue weighted by molar-refractivity contribution is 5.77. The van der Waals surface area contributed by atoms with E-state index in [1.165, 1.54) is 30.6 Å². The summed E-state index contributed by atoms with van der Waals surface area (Å²) in [5, 5.41) is 23.4. The van der Waals surface area contributed by atoms with Crippen LogP contribution >= 0.6 is 0 Å². The van der Waals surface area contributed by atoms with E-state index >= 15 is 0 Å². The van der Waals surface area contributed by atoms with E-state index in [-0.39, 0.29) is 55.6 Å². The molecule has 3 N–H and O–H groups in total. The van der Waals surface area contributed by atoms with Gasteiger partial charge < -0.3 is 59.1 Å². The quantitative estimate of drug-likeness (QED) is 0.121. The van der Waals surface area contributed by atoms with Crippen LogP contribution in [0.25, 0.3) is 34.0 Å². The Kier molecular flexibility index (Phi) is 16.9. The standard InChI is InChI=1S/C23H27FN6O2.C22H25FN6O2.C20H20F2N6O2/c1-14-10-29-11-16-7-17(24)8-25-22(16)31-6-5-23(3,4)28-15(2)18-9-26-30-12-19(32-13-14)21(29)27-20(18)30;1-13-5-24-15(3)18-7-26-29-10-19-21(27-20(18)29)28(8-14(2)12-30-19)9-16-4-17(23)6-25-22(16)31-11-13;1-11-9-30-20-13(3-14(21)4-23-20)6-27-7-15(22)10-29-17-8-28-18(26-19(17)27)16(5-24-28)12(2)25-11/h7-9,12,14,28H,2,5-6,10-11,13H2,1,3-4H3;4,6-7,10,13-14,24H,3,5,8-9,11-12H2,1-2H3;3-5,8,11,15,25H,2,6-7,9-10H2,1H3/t14-;13-,14-;11-,15-/m001/s1. The average molecular weight is 1280 g/mol. The summed E-state index contributed by atoms with van der Waals surface area (Å²) in [4.78, 5) is 33.0. The molecule has 9 aromatic rings. The number of rotatable bonds is 0. The monoisotopic (exact) mass is 1280 g/mol. The van der Waals surface area contributed by atoms with Gasteiger partial charge in [-0.15, -0.1) is 0 Å². The fourth-order valence-electron chi connectivity index (χ4n) is 11.7. The molecule has 0 radical (unpaired) electrons. The van der Waals surface area contributed by atoms with Gasteiger partial charge in [0.2, 0.25) is 17.6 Å². The van der Waals surface area contributed by atoms with Crippen molar-refractivity contribution >= 4 is 51.5 Å². The Balaban J connectivity index is 0.000000127. The molecule has 0 amide bonds. The van der Waals surface area contributed by atoms with E-state index in [9.17, 15) is 17.6 Å². The van der Waals surface area contributed by atoms with Gasteiger partial charge in [0.25, 0.3) is 0 Å². The van der Waals surface area contributed by atoms with Gasteiger partial charge in [-0.2, -0.15) is 15.3 Å². The molecule has 15 heterocycles. The van der Waals surface area contributed by atoms with Gasteiger partial charge >= 0.3 is 0 Å². The van der Waals surface area contributed by atoms with Gasteiger partial charge in [0.1, 0.15) is 30.7 Å². The molecule has 0 aliphatic carbocycles. The van der Waals surface area contributed by atoms with Crippen LogP contribution in [-0.2, 0) is 19.6 Å². The van der Waals surface area contributed by atoms with Crippen molar-refractivity contribution in [3.05, 3.63) is 145 Å². The van der Waals surface area contributed by atoms with Crippen molar-refractivity contribution in [3.63, 3.8) is 0 Å². The van der Waals surface area contributed by atoms with Crippen LogP contribution in [0.3, 0.4) is 0 Å². The van der Waals surface area contributed by atoms with Crippen molar-refractivity contribution < 1.29 is 46.0 Å². The van der Waals surface area contributed by atoms with Crippen molar-refractivity contribution in [1.82, 2.24) is 74.7 Å². The molecule has 0 unspecified atom stereocenters. The third-order valence-corrected chi connectivity index (χ3v) is 16.4. The Morgan fingerprint density at radius 1 is 0.505 bits per heavy atom. The van der Waals surface area contributed by atoms with Crippen LogP contribution in [0, 0.1) is 35.2 Å². The first-order chi connectivity index (χ1) is 44.7. The Bertz CT molecular complexity index is 4330. The maximum Gasteiger partial charge on any atom is 0.218 e. The highest BCUT2D eigenvalue weighted by Crippen LogP contribution is 2.38. The average Bonchev–Trinajstić information content (AvgIpc) is 1.70. The number of nitrogens with zero attached hydrogens (tertiary/aromatic N) is 15. The predicted octanol–water partition coefficient (Wildman–Crippen LogP) is 8.65. The number of pyridine rings is 3. The number of aromatic nitrogens is 12. The molecular formula is C65H72F4N18O6. The van der Waals surface area contributed by atoms with Gasteiger partial charge in [-0.1, -0.05) is 40.5 Å². The number of hydrogen-bond donors (Lipinski definition) is 3. The molecule has 6 aliphatic rings. The van der Waals surface area contributed by atoms with Crippen LogP contribution in [0.5, 0.6) is 34.9 Å². The molecule has 24 nitrogen and oxygen atoms in total. The van der Waals surface area contributed by atoms with Crippen LogP contribution in [0.2, 0.25) is 0 Å². The minimum absolute atomic E-state index is 0.0329. The first-order valence-corrected chi connectivity index (χ1v) is 30.8. The molecule has 6 bridgehead atoms. The summed E-state index contributed by atoms with van der Waals surface area (Å²) >= 11 is 0. The summed E-state index contributed by atoms with van der Waals surface area (Å²) in [5.74, 6) is 4.05. The highest BCUT2D eigenvalue weighted by Gasteiger charge is 2.32. The zero-order chi connectivity index (χ0) is 64.8. The molecule has 28 heteroatoms. The molecule has 0 fully saturated rings.